The highest BCUT2D eigenvalue weighted by molar-refractivity contribution is 7.20. The summed E-state index contributed by atoms with van der Waals surface area (Å²) < 4.78 is 0. The summed E-state index contributed by atoms with van der Waals surface area (Å²) in [7, 11) is 1.84. The van der Waals surface area contributed by atoms with Crippen LogP contribution in [0.1, 0.15) is 22.2 Å². The zero-order valence-electron chi connectivity index (χ0n) is 13.9. The van der Waals surface area contributed by atoms with Gasteiger partial charge >= 0.3 is 0 Å². The van der Waals surface area contributed by atoms with Crippen LogP contribution in [0.15, 0.2) is 54.9 Å². The molecule has 0 aliphatic heterocycles. The monoisotopic (exact) mass is 348 g/mol. The third-order valence-corrected chi connectivity index (χ3v) is 4.74. The molecule has 1 N–H and O–H groups in total. The third-order valence-electron chi connectivity index (χ3n) is 3.71. The van der Waals surface area contributed by atoms with Crippen molar-refractivity contribution in [3.63, 3.8) is 0 Å². The van der Waals surface area contributed by atoms with E-state index in [-0.39, 0.29) is 5.91 Å². The molecule has 0 atom stereocenters. The van der Waals surface area contributed by atoms with Crippen LogP contribution in [0.3, 0.4) is 0 Å². The van der Waals surface area contributed by atoms with Crippen LogP contribution in [0.4, 0.5) is 11.4 Å². The SMILES string of the molecule is C/C=C\N(C(=O)c1cc2c(NC)ccnc2s1)c1ccc(C#N)cc1. The first-order valence-electron chi connectivity index (χ1n) is 7.70. The molecule has 1 aromatic carbocycles. The molecule has 3 aromatic rings. The number of anilines is 2. The van der Waals surface area contributed by atoms with Crippen molar-refractivity contribution in [1.82, 2.24) is 4.98 Å². The smallest absolute Gasteiger partial charge is 0.272 e. The molecule has 5 nitrogen and oxygen atoms in total. The summed E-state index contributed by atoms with van der Waals surface area (Å²) >= 11 is 1.36. The number of hydrogen-bond donors (Lipinski definition) is 1. The summed E-state index contributed by atoms with van der Waals surface area (Å²) in [6.07, 6.45) is 5.25. The number of aromatic nitrogens is 1. The molecule has 2 heterocycles. The van der Waals surface area contributed by atoms with E-state index in [1.165, 1.54) is 11.3 Å². The molecule has 124 valence electrons. The topological polar surface area (TPSA) is 69.0 Å². The van der Waals surface area contributed by atoms with Crippen LogP contribution in [-0.4, -0.2) is 17.9 Å². The molecule has 0 fully saturated rings. The zero-order chi connectivity index (χ0) is 17.8. The molecule has 25 heavy (non-hydrogen) atoms. The largest absolute Gasteiger partial charge is 0.388 e. The van der Waals surface area contributed by atoms with E-state index < -0.39 is 0 Å². The van der Waals surface area contributed by atoms with Crippen molar-refractivity contribution >= 4 is 38.8 Å². The van der Waals surface area contributed by atoms with Crippen LogP contribution in [0.5, 0.6) is 0 Å². The maximum absolute atomic E-state index is 13.0. The number of thiophene rings is 1. The van der Waals surface area contributed by atoms with Crippen LogP contribution in [0.25, 0.3) is 10.2 Å². The Bertz CT molecular complexity index is 983. The van der Waals surface area contributed by atoms with Crippen LogP contribution in [0.2, 0.25) is 0 Å². The first-order chi connectivity index (χ1) is 12.2. The van der Waals surface area contributed by atoms with Crippen LogP contribution >= 0.6 is 11.3 Å². The summed E-state index contributed by atoms with van der Waals surface area (Å²) in [6, 6.07) is 12.8. The van der Waals surface area contributed by atoms with Crippen molar-refractivity contribution in [2.75, 3.05) is 17.3 Å². The molecular weight excluding hydrogens is 332 g/mol. The maximum Gasteiger partial charge on any atom is 0.272 e. The van der Waals surface area contributed by atoms with E-state index in [0.717, 1.165) is 15.9 Å². The standard InChI is InChI=1S/C19H16N4OS/c1-3-10-23(14-6-4-13(12-20)5-7-14)19(24)17-11-15-16(21-2)8-9-22-18(15)25-17/h3-11H,1-2H3,(H,21,22)/b10-3-. The second kappa shape index (κ2) is 7.16. The summed E-state index contributed by atoms with van der Waals surface area (Å²) in [4.78, 5) is 20.4. The van der Waals surface area contributed by atoms with Gasteiger partial charge in [0.25, 0.3) is 5.91 Å². The van der Waals surface area contributed by atoms with Crippen LogP contribution < -0.4 is 10.2 Å². The van der Waals surface area contributed by atoms with Gasteiger partial charge in [-0.3, -0.25) is 9.69 Å². The fraction of sp³-hybridized carbons (Fsp3) is 0.105. The fourth-order valence-electron chi connectivity index (χ4n) is 2.50. The van der Waals surface area contributed by atoms with Crippen LogP contribution in [0, 0.1) is 11.3 Å². The van der Waals surface area contributed by atoms with E-state index in [2.05, 4.69) is 16.4 Å². The molecule has 3 rings (SSSR count). The Labute approximate surface area is 149 Å². The van der Waals surface area contributed by atoms with Gasteiger partial charge < -0.3 is 5.32 Å². The van der Waals surface area contributed by atoms with Crippen LogP contribution in [-0.2, 0) is 0 Å². The third kappa shape index (κ3) is 3.23. The number of nitrogens with one attached hydrogen (secondary N) is 1. The quantitative estimate of drug-likeness (QED) is 0.759. The highest BCUT2D eigenvalue weighted by atomic mass is 32.1. The number of pyridine rings is 1. The van der Waals surface area contributed by atoms with Gasteiger partial charge in [0, 0.05) is 36.2 Å². The Balaban J connectivity index is 2.02. The molecule has 1 amide bonds. The number of allylic oxidation sites excluding steroid dienone is 1. The van der Waals surface area contributed by atoms with Gasteiger partial charge in [-0.2, -0.15) is 5.26 Å². The average Bonchev–Trinajstić information content (AvgIpc) is 3.10. The van der Waals surface area contributed by atoms with E-state index >= 15 is 0 Å². The molecule has 2 aromatic heterocycles. The minimum Gasteiger partial charge on any atom is -0.388 e. The summed E-state index contributed by atoms with van der Waals surface area (Å²) in [5.41, 5.74) is 2.21. The lowest BCUT2D eigenvalue weighted by Crippen LogP contribution is -2.24. The molecule has 0 saturated carbocycles. The fourth-order valence-corrected chi connectivity index (χ4v) is 3.46. The molecule has 0 radical (unpaired) electrons. The Hall–Kier alpha value is -3.17. The van der Waals surface area contributed by atoms with E-state index in [1.54, 1.807) is 47.6 Å². The zero-order valence-corrected chi connectivity index (χ0v) is 14.7. The summed E-state index contributed by atoms with van der Waals surface area (Å²) in [6.45, 7) is 1.86. The van der Waals surface area contributed by atoms with Gasteiger partial charge in [-0.1, -0.05) is 6.08 Å². The first-order valence-corrected chi connectivity index (χ1v) is 8.52. The maximum atomic E-state index is 13.0. The number of fused-ring (bicyclic) bond motifs is 1. The number of nitrogens with zero attached hydrogens (tertiary/aromatic N) is 3. The highest BCUT2D eigenvalue weighted by Gasteiger charge is 2.19. The second-order valence-corrected chi connectivity index (χ2v) is 6.28. The van der Waals surface area contributed by atoms with E-state index in [0.29, 0.717) is 16.1 Å². The van der Waals surface area contributed by atoms with Crippen molar-refractivity contribution in [2.24, 2.45) is 0 Å². The predicted molar refractivity (Wildman–Crippen MR) is 102 cm³/mol. The molecule has 0 spiro atoms. The lowest BCUT2D eigenvalue weighted by atomic mass is 10.2. The summed E-state index contributed by atoms with van der Waals surface area (Å²) in [5, 5.41) is 13.0. The van der Waals surface area contributed by atoms with Crippen molar-refractivity contribution in [3.8, 4) is 6.07 Å². The van der Waals surface area contributed by atoms with Gasteiger partial charge in [0.2, 0.25) is 0 Å². The molecule has 0 aliphatic carbocycles. The molecule has 0 saturated heterocycles. The molecule has 0 aliphatic rings. The normalized spacial score (nSPS) is 10.8. The molecule has 0 bridgehead atoms. The van der Waals surface area contributed by atoms with Gasteiger partial charge in [0.05, 0.1) is 16.5 Å². The van der Waals surface area contributed by atoms with E-state index in [9.17, 15) is 4.79 Å². The van der Waals surface area contributed by atoms with Gasteiger partial charge in [-0.25, -0.2) is 4.98 Å². The van der Waals surface area contributed by atoms with Crippen molar-refractivity contribution < 1.29 is 4.79 Å². The number of amides is 1. The van der Waals surface area contributed by atoms with Gasteiger partial charge in [0.15, 0.2) is 0 Å². The number of rotatable bonds is 4. The number of benzene rings is 1. The minimum atomic E-state index is -0.132. The number of nitriles is 1. The van der Waals surface area contributed by atoms with Gasteiger partial charge in [-0.15, -0.1) is 11.3 Å². The lowest BCUT2D eigenvalue weighted by molar-refractivity contribution is 0.100. The van der Waals surface area contributed by atoms with Crippen molar-refractivity contribution in [2.45, 2.75) is 6.92 Å². The molecule has 6 heteroatoms. The van der Waals surface area contributed by atoms with Crippen molar-refractivity contribution in [1.29, 1.82) is 5.26 Å². The van der Waals surface area contributed by atoms with Gasteiger partial charge in [0.1, 0.15) is 4.83 Å². The average molecular weight is 348 g/mol. The summed E-state index contributed by atoms with van der Waals surface area (Å²) in [5.74, 6) is -0.132. The lowest BCUT2D eigenvalue weighted by Gasteiger charge is -2.17. The predicted octanol–water partition coefficient (Wildman–Crippen LogP) is 4.39. The van der Waals surface area contributed by atoms with Gasteiger partial charge in [-0.05, 0) is 43.3 Å². The first kappa shape index (κ1) is 16.7. The second-order valence-electron chi connectivity index (χ2n) is 5.25. The number of carbonyl (C=O) groups excluding carboxylic acids is 1. The Morgan fingerprint density at radius 2 is 2.08 bits per heavy atom. The number of carbonyl (C=O) groups is 1. The minimum absolute atomic E-state index is 0.132. The Kier molecular flexibility index (Phi) is 4.78. The molecule has 0 unspecified atom stereocenters. The molecular formula is C19H16N4OS. The van der Waals surface area contributed by atoms with Crippen molar-refractivity contribution in [3.05, 3.63) is 65.3 Å². The highest BCUT2D eigenvalue weighted by Crippen LogP contribution is 2.31. The van der Waals surface area contributed by atoms with E-state index in [1.807, 2.05) is 26.1 Å². The van der Waals surface area contributed by atoms with E-state index in [4.69, 9.17) is 5.26 Å². The Morgan fingerprint density at radius 1 is 1.32 bits per heavy atom. The number of hydrogen-bond acceptors (Lipinski definition) is 5. The Morgan fingerprint density at radius 3 is 2.72 bits per heavy atom.